The van der Waals surface area contributed by atoms with Gasteiger partial charge in [-0.3, -0.25) is 4.79 Å². The van der Waals surface area contributed by atoms with Crippen molar-refractivity contribution in [1.29, 1.82) is 0 Å². The molecule has 0 aliphatic heterocycles. The fourth-order valence-corrected chi connectivity index (χ4v) is 6.33. The Hall–Kier alpha value is -4.68. The quantitative estimate of drug-likeness (QED) is 0.0731. The van der Waals surface area contributed by atoms with Crippen LogP contribution in [0.4, 0.5) is 0 Å². The van der Waals surface area contributed by atoms with Gasteiger partial charge in [-0.25, -0.2) is 0 Å². The second-order valence-corrected chi connectivity index (χ2v) is 12.3. The monoisotopic (exact) mass is 604 g/mol. The molecule has 0 spiro atoms. The van der Waals surface area contributed by atoms with Crippen LogP contribution in [0, 0.1) is 13.8 Å². The lowest BCUT2D eigenvalue weighted by atomic mass is 9.66. The number of rotatable bonds is 7. The number of carbonyl (C=O) groups excluding carboxylic acids is 1. The van der Waals surface area contributed by atoms with Crippen molar-refractivity contribution in [3.63, 3.8) is 0 Å². The highest BCUT2D eigenvalue weighted by Crippen LogP contribution is 2.46. The van der Waals surface area contributed by atoms with Crippen LogP contribution >= 0.6 is 12.6 Å². The van der Waals surface area contributed by atoms with Gasteiger partial charge in [-0.05, 0) is 128 Å². The van der Waals surface area contributed by atoms with Gasteiger partial charge >= 0.3 is 0 Å². The van der Waals surface area contributed by atoms with Crippen molar-refractivity contribution >= 4 is 18.4 Å². The van der Waals surface area contributed by atoms with E-state index < -0.39 is 10.8 Å². The van der Waals surface area contributed by atoms with Gasteiger partial charge in [0.05, 0.1) is 0 Å². The van der Waals surface area contributed by atoms with E-state index in [4.69, 9.17) is 0 Å². The van der Waals surface area contributed by atoms with E-state index in [9.17, 15) is 25.2 Å². The van der Waals surface area contributed by atoms with Crippen LogP contribution in [0.2, 0.25) is 0 Å². The van der Waals surface area contributed by atoms with E-state index in [0.29, 0.717) is 21.6 Å². The maximum absolute atomic E-state index is 13.1. The highest BCUT2D eigenvalue weighted by atomic mass is 32.1. The van der Waals surface area contributed by atoms with Crippen LogP contribution in [-0.4, -0.2) is 26.2 Å². The molecule has 0 fully saturated rings. The molecule has 0 aliphatic carbocycles. The average Bonchev–Trinajstić information content (AvgIpc) is 3.00. The third kappa shape index (κ3) is 5.31. The van der Waals surface area contributed by atoms with Crippen LogP contribution < -0.4 is 0 Å². The number of phenols is 4. The fraction of sp³-hybridized carbons (Fsp3) is 0.184. The molecule has 2 atom stereocenters. The van der Waals surface area contributed by atoms with E-state index in [1.54, 1.807) is 37.3 Å². The minimum atomic E-state index is -0.843. The molecular weight excluding hydrogens is 568 g/mol. The van der Waals surface area contributed by atoms with Gasteiger partial charge in [-0.2, -0.15) is 0 Å². The zero-order valence-electron chi connectivity index (χ0n) is 25.4. The van der Waals surface area contributed by atoms with Gasteiger partial charge < -0.3 is 20.4 Å². The van der Waals surface area contributed by atoms with Crippen molar-refractivity contribution in [3.05, 3.63) is 147 Å². The lowest BCUT2D eigenvalue weighted by Crippen LogP contribution is -2.29. The molecule has 0 amide bonds. The summed E-state index contributed by atoms with van der Waals surface area (Å²) in [4.78, 5) is 13.6. The largest absolute Gasteiger partial charge is 0.508 e. The molecular formula is C38H36O5S. The summed E-state index contributed by atoms with van der Waals surface area (Å²) < 4.78 is 0. The first kappa shape index (κ1) is 30.8. The molecule has 2 unspecified atom stereocenters. The zero-order valence-corrected chi connectivity index (χ0v) is 26.3. The lowest BCUT2D eigenvalue weighted by Gasteiger charge is -2.37. The molecule has 5 aromatic carbocycles. The van der Waals surface area contributed by atoms with Crippen LogP contribution in [0.15, 0.2) is 102 Å². The van der Waals surface area contributed by atoms with Gasteiger partial charge in [-0.15, -0.1) is 12.6 Å². The highest BCUT2D eigenvalue weighted by molar-refractivity contribution is 7.80. The molecule has 5 nitrogen and oxygen atoms in total. The molecule has 0 bridgehead atoms. The Balaban J connectivity index is 1.89. The molecule has 0 aromatic heterocycles. The van der Waals surface area contributed by atoms with Crippen molar-refractivity contribution in [2.24, 2.45) is 0 Å². The maximum Gasteiger partial charge on any atom is 0.159 e. The van der Waals surface area contributed by atoms with Gasteiger partial charge in [0.2, 0.25) is 0 Å². The molecule has 5 aromatic rings. The molecule has 4 N–H and O–H groups in total. The van der Waals surface area contributed by atoms with E-state index >= 15 is 0 Å². The topological polar surface area (TPSA) is 98.0 Å². The Bertz CT molecular complexity index is 1850. The number of hydrogen-bond acceptors (Lipinski definition) is 6. The first-order chi connectivity index (χ1) is 20.7. The number of Topliss-reactive ketones (excluding diaryl/α,β-unsaturated/α-hetero) is 1. The Morgan fingerprint density at radius 3 is 1.45 bits per heavy atom. The summed E-state index contributed by atoms with van der Waals surface area (Å²) in [5.74, 6) is 0.457. The Labute approximate surface area is 263 Å². The molecule has 5 rings (SSSR count). The fourth-order valence-electron chi connectivity index (χ4n) is 6.01. The standard InChI is InChI=1S/C38H36O5S/c1-22-16-28(10-15-34(22)42)37(4,26-6-11-32(40)12-7-26)30-18-25(24(3)39)19-31(20-30)38(5,27-8-13-33(41)14-9-27)29-17-23(2)36(43)35(44)21-29/h6-21,40-44H,1-5H3. The molecule has 224 valence electrons. The molecule has 44 heavy (non-hydrogen) atoms. The number of hydrogen-bond donors (Lipinski definition) is 5. The van der Waals surface area contributed by atoms with E-state index in [0.717, 1.165) is 33.4 Å². The Morgan fingerprint density at radius 2 is 1.00 bits per heavy atom. The molecule has 6 heteroatoms. The minimum absolute atomic E-state index is 0.103. The van der Waals surface area contributed by atoms with Crippen LogP contribution in [0.25, 0.3) is 0 Å². The van der Waals surface area contributed by atoms with E-state index in [1.165, 1.54) is 0 Å². The van der Waals surface area contributed by atoms with Gasteiger partial charge in [-0.1, -0.05) is 48.5 Å². The van der Waals surface area contributed by atoms with Crippen molar-refractivity contribution in [2.45, 2.75) is 50.3 Å². The van der Waals surface area contributed by atoms with Crippen molar-refractivity contribution in [3.8, 4) is 23.0 Å². The Kier molecular flexibility index (Phi) is 8.00. The molecule has 0 saturated heterocycles. The highest BCUT2D eigenvalue weighted by Gasteiger charge is 2.37. The second kappa shape index (κ2) is 11.4. The molecule has 0 radical (unpaired) electrons. The van der Waals surface area contributed by atoms with Crippen LogP contribution in [0.5, 0.6) is 23.0 Å². The SMILES string of the molecule is CC(=O)c1cc(C(C)(c2ccc(O)cc2)c2ccc(O)c(C)c2)cc(C(C)(c2ccc(O)cc2)c2cc(C)c(O)c(S)c2)c1. The lowest BCUT2D eigenvalue weighted by molar-refractivity contribution is 0.101. The average molecular weight is 605 g/mol. The van der Waals surface area contributed by atoms with Gasteiger partial charge in [0.1, 0.15) is 23.0 Å². The third-order valence-corrected chi connectivity index (χ3v) is 9.36. The third-order valence-electron chi connectivity index (χ3n) is 9.02. The predicted octanol–water partition coefficient (Wildman–Crippen LogP) is 8.33. The number of ketones is 1. The van der Waals surface area contributed by atoms with E-state index in [1.807, 2.05) is 74.5 Å². The van der Waals surface area contributed by atoms with E-state index in [-0.39, 0.29) is 28.8 Å². The van der Waals surface area contributed by atoms with Crippen molar-refractivity contribution in [1.82, 2.24) is 0 Å². The van der Waals surface area contributed by atoms with Crippen molar-refractivity contribution < 1.29 is 25.2 Å². The van der Waals surface area contributed by atoms with Crippen molar-refractivity contribution in [2.75, 3.05) is 0 Å². The van der Waals surface area contributed by atoms with Crippen LogP contribution in [-0.2, 0) is 10.8 Å². The van der Waals surface area contributed by atoms with Crippen LogP contribution in [0.3, 0.4) is 0 Å². The first-order valence-electron chi connectivity index (χ1n) is 14.3. The summed E-state index contributed by atoms with van der Waals surface area (Å²) >= 11 is 4.57. The number of benzene rings is 5. The summed E-state index contributed by atoms with van der Waals surface area (Å²) in [6.07, 6.45) is 0. The Morgan fingerprint density at radius 1 is 0.568 bits per heavy atom. The summed E-state index contributed by atoms with van der Waals surface area (Å²) in [6, 6.07) is 29.2. The number of aromatic hydroxyl groups is 4. The predicted molar refractivity (Wildman–Crippen MR) is 177 cm³/mol. The summed E-state index contributed by atoms with van der Waals surface area (Å²) in [5.41, 5.74) is 5.40. The van der Waals surface area contributed by atoms with Gasteiger partial charge in [0.25, 0.3) is 0 Å². The molecule has 0 heterocycles. The summed E-state index contributed by atoms with van der Waals surface area (Å²) in [6.45, 7) is 9.34. The van der Waals surface area contributed by atoms with Gasteiger partial charge in [0, 0.05) is 21.3 Å². The second-order valence-electron chi connectivity index (χ2n) is 11.9. The number of phenolic OH excluding ortho intramolecular Hbond substituents is 4. The van der Waals surface area contributed by atoms with Gasteiger partial charge in [0.15, 0.2) is 5.78 Å². The normalized spacial score (nSPS) is 14.0. The first-order valence-corrected chi connectivity index (χ1v) is 14.8. The number of carbonyl (C=O) groups is 1. The summed E-state index contributed by atoms with van der Waals surface area (Å²) in [7, 11) is 0. The molecule has 0 aliphatic rings. The smallest absolute Gasteiger partial charge is 0.159 e. The minimum Gasteiger partial charge on any atom is -0.508 e. The number of thiol groups is 1. The zero-order chi connectivity index (χ0) is 32.0. The number of aryl methyl sites for hydroxylation is 2. The molecule has 0 saturated carbocycles. The van der Waals surface area contributed by atoms with E-state index in [2.05, 4.69) is 32.5 Å². The van der Waals surface area contributed by atoms with Crippen LogP contribution in [0.1, 0.15) is 75.6 Å². The summed E-state index contributed by atoms with van der Waals surface area (Å²) in [5, 5.41) is 41.2. The maximum atomic E-state index is 13.1.